The number of nitrogens with zero attached hydrogens (tertiary/aromatic N) is 3. The van der Waals surface area contributed by atoms with Crippen molar-refractivity contribution < 1.29 is 23.7 Å². The third-order valence-corrected chi connectivity index (χ3v) is 12.1. The highest BCUT2D eigenvalue weighted by atomic mass is 28.4. The first kappa shape index (κ1) is 29.7. The summed E-state index contributed by atoms with van der Waals surface area (Å²) in [5.41, 5.74) is 3.79. The van der Waals surface area contributed by atoms with E-state index in [1.54, 1.807) is 6.92 Å². The molecule has 9 heteroatoms. The molecule has 4 rings (SSSR count). The predicted molar refractivity (Wildman–Crippen MR) is 156 cm³/mol. The quantitative estimate of drug-likeness (QED) is 0.209. The van der Waals surface area contributed by atoms with Crippen LogP contribution in [-0.4, -0.2) is 60.7 Å². The van der Waals surface area contributed by atoms with Crippen LogP contribution >= 0.6 is 0 Å². The summed E-state index contributed by atoms with van der Waals surface area (Å²) in [7, 11) is -2.01. The molecule has 0 saturated carbocycles. The maximum Gasteiger partial charge on any atom is 0.250 e. The van der Waals surface area contributed by atoms with Crippen molar-refractivity contribution in [1.82, 2.24) is 14.8 Å². The van der Waals surface area contributed by atoms with Gasteiger partial charge in [0.2, 0.25) is 8.32 Å². The zero-order chi connectivity index (χ0) is 28.2. The van der Waals surface area contributed by atoms with E-state index in [0.717, 1.165) is 59.3 Å². The molecule has 0 spiro atoms. The fourth-order valence-electron chi connectivity index (χ4n) is 4.42. The number of hydrogen-bond acceptors (Lipinski definition) is 7. The first-order chi connectivity index (χ1) is 18.5. The summed E-state index contributed by atoms with van der Waals surface area (Å²) in [6.45, 7) is 16.9. The Hall–Kier alpha value is -2.30. The van der Waals surface area contributed by atoms with Gasteiger partial charge in [0.25, 0.3) is 0 Å². The van der Waals surface area contributed by atoms with E-state index in [-0.39, 0.29) is 17.4 Å². The van der Waals surface area contributed by atoms with Crippen LogP contribution in [0, 0.1) is 0 Å². The second-order valence-corrected chi connectivity index (χ2v) is 16.8. The molecule has 1 N–H and O–H groups in total. The Labute approximate surface area is 233 Å². The van der Waals surface area contributed by atoms with Crippen molar-refractivity contribution in [3.63, 3.8) is 0 Å². The largest absolute Gasteiger partial charge is 0.543 e. The summed E-state index contributed by atoms with van der Waals surface area (Å²) in [5, 5.41) is 15.6. The summed E-state index contributed by atoms with van der Waals surface area (Å²) < 4.78 is 26.2. The van der Waals surface area contributed by atoms with Crippen LogP contribution in [0.4, 0.5) is 0 Å². The van der Waals surface area contributed by atoms with Gasteiger partial charge in [0.05, 0.1) is 37.5 Å². The van der Waals surface area contributed by atoms with E-state index in [4.69, 9.17) is 23.7 Å². The van der Waals surface area contributed by atoms with E-state index in [1.165, 1.54) is 0 Å². The SMILES string of the molecule is CC(O)COCCOC(C)c1cncc(-c2nn(C3CCCCO3)c3ccc(O[Si](C)(C)C(C)(C)C)cc23)c1. The molecule has 1 aliphatic rings. The van der Waals surface area contributed by atoms with Gasteiger partial charge in [-0.2, -0.15) is 5.10 Å². The lowest BCUT2D eigenvalue weighted by molar-refractivity contribution is -0.0365. The molecule has 3 heterocycles. The van der Waals surface area contributed by atoms with Gasteiger partial charge in [0.15, 0.2) is 6.23 Å². The van der Waals surface area contributed by atoms with Gasteiger partial charge in [0.1, 0.15) is 11.4 Å². The molecule has 8 nitrogen and oxygen atoms in total. The third-order valence-electron chi connectivity index (χ3n) is 7.74. The lowest BCUT2D eigenvalue weighted by atomic mass is 10.1. The molecule has 0 radical (unpaired) electrons. The van der Waals surface area contributed by atoms with Gasteiger partial charge in [-0.25, -0.2) is 4.68 Å². The van der Waals surface area contributed by atoms with Gasteiger partial charge < -0.3 is 23.7 Å². The molecule has 3 unspecified atom stereocenters. The summed E-state index contributed by atoms with van der Waals surface area (Å²) in [6, 6.07) is 8.41. The first-order valence-electron chi connectivity index (χ1n) is 14.1. The van der Waals surface area contributed by atoms with Crippen LogP contribution in [0.3, 0.4) is 0 Å². The first-order valence-corrected chi connectivity index (χ1v) is 17.0. The number of hydrogen-bond donors (Lipinski definition) is 1. The van der Waals surface area contributed by atoms with Crippen molar-refractivity contribution in [3.05, 3.63) is 42.2 Å². The third kappa shape index (κ3) is 7.26. The van der Waals surface area contributed by atoms with Crippen molar-refractivity contribution in [2.24, 2.45) is 0 Å². The fourth-order valence-corrected chi connectivity index (χ4v) is 5.45. The van der Waals surface area contributed by atoms with Gasteiger partial charge >= 0.3 is 0 Å². The number of pyridine rings is 1. The van der Waals surface area contributed by atoms with E-state index in [0.29, 0.717) is 19.8 Å². The van der Waals surface area contributed by atoms with Crippen molar-refractivity contribution in [1.29, 1.82) is 0 Å². The Balaban J connectivity index is 1.65. The zero-order valence-electron chi connectivity index (χ0n) is 24.6. The number of aliphatic hydroxyl groups is 1. The molecule has 214 valence electrons. The zero-order valence-corrected chi connectivity index (χ0v) is 25.6. The van der Waals surface area contributed by atoms with Crippen LogP contribution in [-0.2, 0) is 14.2 Å². The smallest absolute Gasteiger partial charge is 0.250 e. The normalized spacial score (nSPS) is 18.3. The number of benzene rings is 1. The molecule has 0 aliphatic carbocycles. The second kappa shape index (κ2) is 12.5. The number of rotatable bonds is 11. The van der Waals surface area contributed by atoms with Crippen LogP contribution in [0.15, 0.2) is 36.7 Å². The minimum atomic E-state index is -2.01. The standard InChI is InChI=1S/C30H45N3O5Si/c1-21(34)20-35-14-15-36-22(2)23-16-24(19-31-18-23)29-26-17-25(38-39(6,7)30(3,4)5)11-12-27(26)33(32-29)28-10-8-9-13-37-28/h11-12,16-19,21-22,28,34H,8-10,13-15,20H2,1-7H3. The molecular formula is C30H45N3O5Si. The summed E-state index contributed by atoms with van der Waals surface area (Å²) in [6.07, 6.45) is 6.12. The molecule has 2 aromatic heterocycles. The monoisotopic (exact) mass is 555 g/mol. The average Bonchev–Trinajstić information content (AvgIpc) is 3.27. The van der Waals surface area contributed by atoms with Crippen LogP contribution in [0.1, 0.15) is 71.8 Å². The number of ether oxygens (including phenoxy) is 3. The van der Waals surface area contributed by atoms with Crippen LogP contribution in [0.5, 0.6) is 5.75 Å². The lowest BCUT2D eigenvalue weighted by Crippen LogP contribution is -2.43. The van der Waals surface area contributed by atoms with Gasteiger partial charge in [0, 0.05) is 30.0 Å². The molecule has 3 atom stereocenters. The Bertz CT molecular complexity index is 1230. The molecule has 1 saturated heterocycles. The lowest BCUT2D eigenvalue weighted by Gasteiger charge is -2.36. The number of aromatic nitrogens is 3. The molecule has 0 amide bonds. The van der Waals surface area contributed by atoms with Gasteiger partial charge in [-0.05, 0) is 81.1 Å². The molecule has 1 fully saturated rings. The molecule has 3 aromatic rings. The van der Waals surface area contributed by atoms with E-state index < -0.39 is 14.4 Å². The van der Waals surface area contributed by atoms with Crippen molar-refractivity contribution in [2.45, 2.75) is 90.4 Å². The Morgan fingerprint density at radius 2 is 1.92 bits per heavy atom. The summed E-state index contributed by atoms with van der Waals surface area (Å²) >= 11 is 0. The van der Waals surface area contributed by atoms with Crippen molar-refractivity contribution in [2.75, 3.05) is 26.4 Å². The van der Waals surface area contributed by atoms with E-state index in [1.807, 2.05) is 24.0 Å². The minimum Gasteiger partial charge on any atom is -0.543 e. The van der Waals surface area contributed by atoms with Crippen molar-refractivity contribution >= 4 is 19.2 Å². The van der Waals surface area contributed by atoms with Crippen LogP contribution < -0.4 is 4.43 Å². The highest BCUT2D eigenvalue weighted by Crippen LogP contribution is 2.40. The van der Waals surface area contributed by atoms with Crippen LogP contribution in [0.25, 0.3) is 22.2 Å². The number of aliphatic hydroxyl groups excluding tert-OH is 1. The molecule has 0 bridgehead atoms. The minimum absolute atomic E-state index is 0.0813. The maximum atomic E-state index is 9.35. The Morgan fingerprint density at radius 1 is 1.13 bits per heavy atom. The van der Waals surface area contributed by atoms with Gasteiger partial charge in [-0.1, -0.05) is 20.8 Å². The average molecular weight is 556 g/mol. The molecular weight excluding hydrogens is 510 g/mol. The summed E-state index contributed by atoms with van der Waals surface area (Å²) in [5.74, 6) is 0.873. The van der Waals surface area contributed by atoms with Crippen LogP contribution in [0.2, 0.25) is 18.1 Å². The topological polar surface area (TPSA) is 87.9 Å². The predicted octanol–water partition coefficient (Wildman–Crippen LogP) is 6.66. The van der Waals surface area contributed by atoms with Gasteiger partial charge in [-0.15, -0.1) is 0 Å². The second-order valence-electron chi connectivity index (χ2n) is 12.1. The number of fused-ring (bicyclic) bond motifs is 1. The van der Waals surface area contributed by atoms with Crippen molar-refractivity contribution in [3.8, 4) is 17.0 Å². The van der Waals surface area contributed by atoms with E-state index in [2.05, 4.69) is 63.1 Å². The van der Waals surface area contributed by atoms with E-state index >= 15 is 0 Å². The summed E-state index contributed by atoms with van der Waals surface area (Å²) in [4.78, 5) is 4.54. The fraction of sp³-hybridized carbons (Fsp3) is 0.600. The maximum absolute atomic E-state index is 9.35. The molecule has 39 heavy (non-hydrogen) atoms. The highest BCUT2D eigenvalue weighted by Gasteiger charge is 2.39. The van der Waals surface area contributed by atoms with E-state index in [9.17, 15) is 5.11 Å². The Morgan fingerprint density at radius 3 is 2.62 bits per heavy atom. The Kier molecular flexibility index (Phi) is 9.49. The molecule has 1 aromatic carbocycles. The van der Waals surface area contributed by atoms with Gasteiger partial charge in [-0.3, -0.25) is 4.98 Å². The highest BCUT2D eigenvalue weighted by molar-refractivity contribution is 6.74. The molecule has 1 aliphatic heterocycles.